The Kier molecular flexibility index (Phi) is 6.61. The molecule has 0 radical (unpaired) electrons. The van der Waals surface area contributed by atoms with Gasteiger partial charge in [0.25, 0.3) is 11.8 Å². The van der Waals surface area contributed by atoms with E-state index >= 15 is 0 Å². The average Bonchev–Trinajstić information content (AvgIpc) is 2.93. The highest BCUT2D eigenvalue weighted by Crippen LogP contribution is 2.08. The zero-order chi connectivity index (χ0) is 18.2. The van der Waals surface area contributed by atoms with Crippen molar-refractivity contribution in [1.82, 2.24) is 20.8 Å². The van der Waals surface area contributed by atoms with Gasteiger partial charge in [0.1, 0.15) is 0 Å². The van der Waals surface area contributed by atoms with Crippen LogP contribution in [0.2, 0.25) is 0 Å². The Hall–Kier alpha value is -2.78. The fourth-order valence-electron chi connectivity index (χ4n) is 2.29. The van der Waals surface area contributed by atoms with Crippen molar-refractivity contribution in [2.24, 2.45) is 5.84 Å². The van der Waals surface area contributed by atoms with E-state index in [4.69, 9.17) is 18.1 Å². The van der Waals surface area contributed by atoms with E-state index in [0.717, 1.165) is 10.5 Å². The molecule has 0 fully saturated rings. The average molecular weight is 361 g/mol. The van der Waals surface area contributed by atoms with Crippen LogP contribution >= 0.6 is 12.2 Å². The summed E-state index contributed by atoms with van der Waals surface area (Å²) in [5, 5.41) is 1.46. The lowest BCUT2D eigenvalue weighted by Crippen LogP contribution is -2.51. The van der Waals surface area contributed by atoms with Crippen molar-refractivity contribution in [3.8, 4) is 0 Å². The zero-order valence-corrected chi connectivity index (χ0v) is 14.3. The van der Waals surface area contributed by atoms with Crippen molar-refractivity contribution < 1.29 is 14.4 Å². The molecule has 0 atom stereocenters. The fourth-order valence-corrected chi connectivity index (χ4v) is 2.40. The highest BCUT2D eigenvalue weighted by atomic mass is 32.1. The van der Waals surface area contributed by atoms with Gasteiger partial charge in [0.05, 0.1) is 6.54 Å². The van der Waals surface area contributed by atoms with Gasteiger partial charge in [-0.1, -0.05) is 30.3 Å². The van der Waals surface area contributed by atoms with Crippen LogP contribution in [-0.2, 0) is 20.9 Å². The molecule has 25 heavy (non-hydrogen) atoms. The van der Waals surface area contributed by atoms with Gasteiger partial charge in [-0.2, -0.15) is 0 Å². The summed E-state index contributed by atoms with van der Waals surface area (Å²) in [4.78, 5) is 36.6. The summed E-state index contributed by atoms with van der Waals surface area (Å²) in [5.74, 6) is 4.31. The normalized spacial score (nSPS) is 13.1. The Balaban J connectivity index is 1.91. The summed E-state index contributed by atoms with van der Waals surface area (Å²) >= 11 is 4.95. The van der Waals surface area contributed by atoms with E-state index in [2.05, 4.69) is 10.9 Å². The predicted molar refractivity (Wildman–Crippen MR) is 95.1 cm³/mol. The van der Waals surface area contributed by atoms with E-state index in [0.29, 0.717) is 13.0 Å². The summed E-state index contributed by atoms with van der Waals surface area (Å²) in [6.45, 7) is 0.486. The molecule has 0 saturated heterocycles. The van der Waals surface area contributed by atoms with Crippen molar-refractivity contribution >= 4 is 35.1 Å². The summed E-state index contributed by atoms with van der Waals surface area (Å²) < 4.78 is 0. The van der Waals surface area contributed by atoms with Crippen molar-refractivity contribution in [3.63, 3.8) is 0 Å². The van der Waals surface area contributed by atoms with Crippen LogP contribution in [-0.4, -0.2) is 39.3 Å². The summed E-state index contributed by atoms with van der Waals surface area (Å²) in [5.41, 5.74) is 5.91. The number of carbonyl (C=O) groups excluding carboxylic acids is 3. The largest absolute Gasteiger partial charge is 0.300 e. The molecule has 132 valence electrons. The lowest BCUT2D eigenvalue weighted by molar-refractivity contribution is -0.138. The molecule has 0 unspecified atom stereocenters. The summed E-state index contributed by atoms with van der Waals surface area (Å²) in [6, 6.07) is 9.39. The van der Waals surface area contributed by atoms with Gasteiger partial charge in [0.2, 0.25) is 5.91 Å². The third-order valence-corrected chi connectivity index (χ3v) is 3.73. The van der Waals surface area contributed by atoms with Crippen molar-refractivity contribution in [3.05, 3.63) is 48.0 Å². The Bertz CT molecular complexity index is 674. The molecule has 2 rings (SSSR count). The van der Waals surface area contributed by atoms with Gasteiger partial charge < -0.3 is 0 Å². The van der Waals surface area contributed by atoms with Crippen LogP contribution < -0.4 is 16.7 Å². The lowest BCUT2D eigenvalue weighted by atomic mass is 10.2. The highest BCUT2D eigenvalue weighted by molar-refractivity contribution is 7.80. The van der Waals surface area contributed by atoms with E-state index in [1.807, 2.05) is 30.3 Å². The first-order chi connectivity index (χ1) is 12.0. The van der Waals surface area contributed by atoms with Crippen LogP contribution in [0.25, 0.3) is 0 Å². The van der Waals surface area contributed by atoms with E-state index in [9.17, 15) is 14.4 Å². The highest BCUT2D eigenvalue weighted by Gasteiger charge is 2.23. The van der Waals surface area contributed by atoms with Gasteiger partial charge in [-0.25, -0.2) is 5.84 Å². The third-order valence-electron chi connectivity index (χ3n) is 3.53. The quantitative estimate of drug-likeness (QED) is 0.283. The number of imide groups is 1. The van der Waals surface area contributed by atoms with Gasteiger partial charge in [-0.3, -0.25) is 35.1 Å². The standard InChI is InChI=1S/C16H19N5O3S/c17-18-16(25)19-21(11-12-5-2-1-3-6-12)15(24)7-4-10-20-13(22)8-9-14(20)23/h1-3,5-6,8-9H,4,7,10-11,17H2,(H2,18,19,25). The predicted octanol–water partition coefficient (Wildman–Crippen LogP) is -0.0268. The number of amides is 3. The molecule has 0 saturated carbocycles. The smallest absolute Gasteiger partial charge is 0.253 e. The molecule has 0 aromatic heterocycles. The molecule has 9 heteroatoms. The molecule has 1 aliphatic rings. The fraction of sp³-hybridized carbons (Fsp3) is 0.250. The molecular formula is C16H19N5O3S. The number of benzene rings is 1. The van der Waals surface area contributed by atoms with Gasteiger partial charge >= 0.3 is 0 Å². The second-order valence-corrected chi connectivity index (χ2v) is 5.72. The molecule has 1 heterocycles. The maximum Gasteiger partial charge on any atom is 0.253 e. The Labute approximate surface area is 150 Å². The van der Waals surface area contributed by atoms with Gasteiger partial charge in [-0.15, -0.1) is 0 Å². The van der Waals surface area contributed by atoms with Gasteiger partial charge in [0, 0.05) is 25.1 Å². The SMILES string of the molecule is NNC(=S)NN(Cc1ccccc1)C(=O)CCCN1C(=O)C=CC1=O. The minimum Gasteiger partial charge on any atom is -0.300 e. The maximum absolute atomic E-state index is 12.5. The number of nitrogens with two attached hydrogens (primary N) is 1. The molecule has 0 bridgehead atoms. The monoisotopic (exact) mass is 361 g/mol. The number of thiocarbonyl (C=S) groups is 1. The second kappa shape index (κ2) is 8.90. The Morgan fingerprint density at radius 1 is 1.16 bits per heavy atom. The van der Waals surface area contributed by atoms with E-state index in [-0.39, 0.29) is 35.8 Å². The minimum absolute atomic E-state index is 0.110. The number of rotatable bonds is 6. The van der Waals surface area contributed by atoms with Gasteiger partial charge in [-0.05, 0) is 24.2 Å². The number of nitrogens with one attached hydrogen (secondary N) is 2. The van der Waals surface area contributed by atoms with Crippen LogP contribution in [0.1, 0.15) is 18.4 Å². The number of hydrazine groups is 2. The molecule has 1 aromatic rings. The van der Waals surface area contributed by atoms with E-state index in [1.54, 1.807) is 0 Å². The number of nitrogens with zero attached hydrogens (tertiary/aromatic N) is 2. The zero-order valence-electron chi connectivity index (χ0n) is 13.5. The van der Waals surface area contributed by atoms with Crippen LogP contribution in [0, 0.1) is 0 Å². The van der Waals surface area contributed by atoms with E-state index < -0.39 is 0 Å². The number of hydrogen-bond donors (Lipinski definition) is 3. The Morgan fingerprint density at radius 2 is 1.80 bits per heavy atom. The topological polar surface area (TPSA) is 108 Å². The van der Waals surface area contributed by atoms with Gasteiger partial charge in [0.15, 0.2) is 5.11 Å². The van der Waals surface area contributed by atoms with Crippen LogP contribution in [0.3, 0.4) is 0 Å². The summed E-state index contributed by atoms with van der Waals surface area (Å²) in [6.07, 6.45) is 2.94. The molecule has 8 nitrogen and oxygen atoms in total. The van der Waals surface area contributed by atoms with E-state index in [1.165, 1.54) is 17.2 Å². The Morgan fingerprint density at radius 3 is 2.40 bits per heavy atom. The molecule has 1 aliphatic heterocycles. The van der Waals surface area contributed by atoms with Crippen LogP contribution in [0.15, 0.2) is 42.5 Å². The molecule has 4 N–H and O–H groups in total. The number of carbonyl (C=O) groups is 3. The van der Waals surface area contributed by atoms with Crippen LogP contribution in [0.4, 0.5) is 0 Å². The summed E-state index contributed by atoms with van der Waals surface area (Å²) in [7, 11) is 0. The third kappa shape index (κ3) is 5.37. The number of hydrogen-bond acceptors (Lipinski definition) is 5. The molecule has 0 aliphatic carbocycles. The first-order valence-corrected chi connectivity index (χ1v) is 8.07. The van der Waals surface area contributed by atoms with Crippen LogP contribution in [0.5, 0.6) is 0 Å². The lowest BCUT2D eigenvalue weighted by Gasteiger charge is -2.25. The molecule has 1 aromatic carbocycles. The first-order valence-electron chi connectivity index (χ1n) is 7.66. The van der Waals surface area contributed by atoms with Crippen molar-refractivity contribution in [2.45, 2.75) is 19.4 Å². The first kappa shape index (κ1) is 18.6. The molecule has 3 amide bonds. The maximum atomic E-state index is 12.5. The van der Waals surface area contributed by atoms with Crippen molar-refractivity contribution in [2.75, 3.05) is 6.54 Å². The molecule has 0 spiro atoms. The minimum atomic E-state index is -0.356. The molecular weight excluding hydrogens is 342 g/mol. The van der Waals surface area contributed by atoms with Crippen molar-refractivity contribution in [1.29, 1.82) is 0 Å². The second-order valence-electron chi connectivity index (χ2n) is 5.32.